The lowest BCUT2D eigenvalue weighted by molar-refractivity contribution is -0.138. The molecule has 5 nitrogen and oxygen atoms in total. The van der Waals surface area contributed by atoms with Crippen LogP contribution in [-0.4, -0.2) is 18.5 Å². The predicted molar refractivity (Wildman–Crippen MR) is 94.5 cm³/mol. The largest absolute Gasteiger partial charge is 0.459 e. The van der Waals surface area contributed by atoms with Gasteiger partial charge in [-0.3, -0.25) is 4.79 Å². The Bertz CT molecular complexity index is 977. The number of fused-ring (bicyclic) bond motifs is 1. The Balaban J connectivity index is 1.60. The molecule has 0 radical (unpaired) electrons. The molecule has 0 aliphatic heterocycles. The molecule has 146 valence electrons. The van der Waals surface area contributed by atoms with Gasteiger partial charge < -0.3 is 14.5 Å². The first-order chi connectivity index (χ1) is 13.3. The standard InChI is InChI=1S/C20H16F3NO4/c1-12(17-10-13-6-2-5-9-16(13)28-17)24-18(25)11-27-19(26)14-7-3-4-8-15(14)20(21,22)23/h2-10,12H,11H2,1H3,(H,24,25)/t12-/m0/s1. The van der Waals surface area contributed by atoms with Gasteiger partial charge in [-0.15, -0.1) is 0 Å². The van der Waals surface area contributed by atoms with E-state index < -0.39 is 41.8 Å². The number of rotatable bonds is 5. The quantitative estimate of drug-likeness (QED) is 0.651. The number of hydrogen-bond donors (Lipinski definition) is 1. The molecule has 0 unspecified atom stereocenters. The minimum atomic E-state index is -4.70. The molecule has 0 saturated carbocycles. The van der Waals surface area contributed by atoms with E-state index in [9.17, 15) is 22.8 Å². The van der Waals surface area contributed by atoms with Crippen LogP contribution in [0.4, 0.5) is 13.2 Å². The molecule has 1 heterocycles. The van der Waals surface area contributed by atoms with Crippen molar-refractivity contribution in [3.63, 3.8) is 0 Å². The van der Waals surface area contributed by atoms with Crippen LogP contribution >= 0.6 is 0 Å². The SMILES string of the molecule is C[C@H](NC(=O)COC(=O)c1ccccc1C(F)(F)F)c1cc2ccccc2o1. The Kier molecular flexibility index (Phi) is 5.39. The van der Waals surface area contributed by atoms with Gasteiger partial charge >= 0.3 is 12.1 Å². The van der Waals surface area contributed by atoms with Crippen LogP contribution in [0.15, 0.2) is 59.0 Å². The number of amides is 1. The van der Waals surface area contributed by atoms with Gasteiger partial charge in [0, 0.05) is 5.39 Å². The summed E-state index contributed by atoms with van der Waals surface area (Å²) in [5.74, 6) is -1.38. The summed E-state index contributed by atoms with van der Waals surface area (Å²) >= 11 is 0. The number of carbonyl (C=O) groups is 2. The summed E-state index contributed by atoms with van der Waals surface area (Å²) in [6, 6.07) is 12.8. The number of hydrogen-bond acceptors (Lipinski definition) is 4. The maximum atomic E-state index is 13.0. The number of nitrogens with one attached hydrogen (secondary N) is 1. The molecule has 3 aromatic rings. The number of esters is 1. The lowest BCUT2D eigenvalue weighted by atomic mass is 10.1. The van der Waals surface area contributed by atoms with Crippen molar-refractivity contribution in [2.75, 3.05) is 6.61 Å². The lowest BCUT2D eigenvalue weighted by Gasteiger charge is -2.13. The molecule has 8 heteroatoms. The second kappa shape index (κ2) is 7.75. The van der Waals surface area contributed by atoms with Crippen LogP contribution in [0.2, 0.25) is 0 Å². The van der Waals surface area contributed by atoms with Crippen LogP contribution < -0.4 is 5.32 Å². The van der Waals surface area contributed by atoms with Crippen molar-refractivity contribution < 1.29 is 31.9 Å². The highest BCUT2D eigenvalue weighted by molar-refractivity contribution is 5.93. The van der Waals surface area contributed by atoms with Crippen LogP contribution in [0.25, 0.3) is 11.0 Å². The summed E-state index contributed by atoms with van der Waals surface area (Å²) in [5, 5.41) is 3.45. The van der Waals surface area contributed by atoms with Gasteiger partial charge in [-0.05, 0) is 31.2 Å². The van der Waals surface area contributed by atoms with E-state index in [1.807, 2.05) is 18.2 Å². The summed E-state index contributed by atoms with van der Waals surface area (Å²) in [4.78, 5) is 24.0. The highest BCUT2D eigenvalue weighted by Crippen LogP contribution is 2.32. The molecule has 0 aliphatic rings. The van der Waals surface area contributed by atoms with Gasteiger partial charge in [0.1, 0.15) is 11.3 Å². The average Bonchev–Trinajstić information content (AvgIpc) is 3.10. The molecule has 1 amide bonds. The Morgan fingerprint density at radius 3 is 2.50 bits per heavy atom. The summed E-state index contributed by atoms with van der Waals surface area (Å²) in [5.41, 5.74) is -1.10. The Hall–Kier alpha value is -3.29. The minimum absolute atomic E-state index is 0.503. The number of alkyl halides is 3. The van der Waals surface area contributed by atoms with Gasteiger partial charge in [0.25, 0.3) is 5.91 Å². The lowest BCUT2D eigenvalue weighted by Crippen LogP contribution is -2.31. The number of halogens is 3. The molecule has 2 aromatic carbocycles. The smallest absolute Gasteiger partial charge is 0.417 e. The van der Waals surface area contributed by atoms with E-state index in [0.29, 0.717) is 11.3 Å². The molecule has 1 atom stereocenters. The third kappa shape index (κ3) is 4.33. The predicted octanol–water partition coefficient (Wildman–Crippen LogP) is 4.49. The van der Waals surface area contributed by atoms with Crippen molar-refractivity contribution in [3.8, 4) is 0 Å². The van der Waals surface area contributed by atoms with E-state index in [0.717, 1.165) is 17.5 Å². The maximum Gasteiger partial charge on any atom is 0.417 e. The molecule has 1 N–H and O–H groups in total. The molecule has 1 aromatic heterocycles. The van der Waals surface area contributed by atoms with Gasteiger partial charge in [0.2, 0.25) is 0 Å². The first-order valence-electron chi connectivity index (χ1n) is 8.37. The molecule has 0 bridgehead atoms. The molecule has 0 spiro atoms. The number of furan rings is 1. The Labute approximate surface area is 158 Å². The fraction of sp³-hybridized carbons (Fsp3) is 0.200. The van der Waals surface area contributed by atoms with E-state index in [1.54, 1.807) is 19.1 Å². The topological polar surface area (TPSA) is 68.5 Å². The molecule has 3 rings (SSSR count). The monoisotopic (exact) mass is 391 g/mol. The summed E-state index contributed by atoms with van der Waals surface area (Å²) in [6.07, 6.45) is -4.70. The van der Waals surface area contributed by atoms with Crippen LogP contribution in [0.3, 0.4) is 0 Å². The maximum absolute atomic E-state index is 13.0. The molecule has 28 heavy (non-hydrogen) atoms. The van der Waals surface area contributed by atoms with E-state index in [4.69, 9.17) is 9.15 Å². The van der Waals surface area contributed by atoms with Gasteiger partial charge in [-0.25, -0.2) is 4.79 Å². The van der Waals surface area contributed by atoms with Crippen LogP contribution in [0.1, 0.15) is 34.6 Å². The molecule has 0 saturated heterocycles. The van der Waals surface area contributed by atoms with Crippen molar-refractivity contribution in [1.82, 2.24) is 5.32 Å². The zero-order chi connectivity index (χ0) is 20.3. The van der Waals surface area contributed by atoms with Gasteiger partial charge in [0.15, 0.2) is 6.61 Å². The third-order valence-corrected chi connectivity index (χ3v) is 4.04. The second-order valence-electron chi connectivity index (χ2n) is 6.10. The number of benzene rings is 2. The van der Waals surface area contributed by atoms with Crippen molar-refractivity contribution in [1.29, 1.82) is 0 Å². The highest BCUT2D eigenvalue weighted by atomic mass is 19.4. The zero-order valence-corrected chi connectivity index (χ0v) is 14.7. The first kappa shape index (κ1) is 19.5. The Morgan fingerprint density at radius 2 is 1.79 bits per heavy atom. The fourth-order valence-corrected chi connectivity index (χ4v) is 2.69. The average molecular weight is 391 g/mol. The van der Waals surface area contributed by atoms with Crippen molar-refractivity contribution in [2.45, 2.75) is 19.1 Å². The van der Waals surface area contributed by atoms with E-state index in [-0.39, 0.29) is 0 Å². The summed E-state index contributed by atoms with van der Waals surface area (Å²) in [6.45, 7) is 0.964. The van der Waals surface area contributed by atoms with Crippen LogP contribution in [-0.2, 0) is 15.7 Å². The van der Waals surface area contributed by atoms with E-state index in [2.05, 4.69) is 5.32 Å². The van der Waals surface area contributed by atoms with Crippen LogP contribution in [0.5, 0.6) is 0 Å². The van der Waals surface area contributed by atoms with E-state index in [1.165, 1.54) is 12.1 Å². The van der Waals surface area contributed by atoms with E-state index >= 15 is 0 Å². The van der Waals surface area contributed by atoms with Crippen molar-refractivity contribution in [3.05, 3.63) is 71.5 Å². The number of para-hydroxylation sites is 1. The van der Waals surface area contributed by atoms with Gasteiger partial charge in [-0.1, -0.05) is 30.3 Å². The van der Waals surface area contributed by atoms with Gasteiger partial charge in [0.05, 0.1) is 17.2 Å². The normalized spacial score (nSPS) is 12.6. The van der Waals surface area contributed by atoms with Crippen molar-refractivity contribution >= 4 is 22.8 Å². The molecular formula is C20H16F3NO4. The molecule has 0 aliphatic carbocycles. The second-order valence-corrected chi connectivity index (χ2v) is 6.10. The third-order valence-electron chi connectivity index (χ3n) is 4.04. The number of carbonyl (C=O) groups excluding carboxylic acids is 2. The molecular weight excluding hydrogens is 375 g/mol. The zero-order valence-electron chi connectivity index (χ0n) is 14.7. The summed E-state index contributed by atoms with van der Waals surface area (Å²) in [7, 11) is 0. The first-order valence-corrected chi connectivity index (χ1v) is 8.37. The minimum Gasteiger partial charge on any atom is -0.459 e. The number of ether oxygens (including phenoxy) is 1. The highest BCUT2D eigenvalue weighted by Gasteiger charge is 2.35. The van der Waals surface area contributed by atoms with Crippen molar-refractivity contribution in [2.24, 2.45) is 0 Å². The Morgan fingerprint density at radius 1 is 1.11 bits per heavy atom. The fourth-order valence-electron chi connectivity index (χ4n) is 2.69. The van der Waals surface area contributed by atoms with Crippen LogP contribution in [0, 0.1) is 0 Å². The summed E-state index contributed by atoms with van der Waals surface area (Å²) < 4.78 is 49.2. The van der Waals surface area contributed by atoms with Gasteiger partial charge in [-0.2, -0.15) is 13.2 Å². The molecule has 0 fully saturated rings.